The Morgan fingerprint density at radius 3 is 1.13 bits per heavy atom. The second-order valence-corrected chi connectivity index (χ2v) is 5.20. The standard InChI is InChI=1S/C18H16.C3H8.C2H6/c1-3-13-14(4-2)16-10-6-8-12-18(16)17-11-7-5-9-15(13)17;1-3-2;1-2/h3-12H,1-2H3;3H2,1-2H3;1-2H3/b13-3+,14-4+;;. The van der Waals surface area contributed by atoms with Gasteiger partial charge in [-0.15, -0.1) is 0 Å². The topological polar surface area (TPSA) is 0 Å². The summed E-state index contributed by atoms with van der Waals surface area (Å²) in [5.41, 5.74) is 0. The highest BCUT2D eigenvalue weighted by Crippen LogP contribution is 2.19. The Labute approximate surface area is 141 Å². The number of rotatable bonds is 0. The summed E-state index contributed by atoms with van der Waals surface area (Å²) in [6.07, 6.45) is 5.67. The largest absolute Gasteiger partial charge is 0.0791 e. The molecular weight excluding hydrogens is 276 g/mol. The van der Waals surface area contributed by atoms with Gasteiger partial charge >= 0.3 is 0 Å². The first-order valence-corrected chi connectivity index (χ1v) is 8.80. The van der Waals surface area contributed by atoms with E-state index in [-0.39, 0.29) is 0 Å². The van der Waals surface area contributed by atoms with Gasteiger partial charge in [0.25, 0.3) is 0 Å². The molecule has 0 radical (unpaired) electrons. The van der Waals surface area contributed by atoms with Crippen molar-refractivity contribution in [3.8, 4) is 0 Å². The molecule has 0 saturated heterocycles. The fourth-order valence-corrected chi connectivity index (χ4v) is 2.82. The van der Waals surface area contributed by atoms with Crippen LogP contribution in [0.1, 0.15) is 48.0 Å². The Kier molecular flexibility index (Phi) is 8.11. The smallest absolute Gasteiger partial charge is 0.00991 e. The van der Waals surface area contributed by atoms with Crippen LogP contribution in [0.3, 0.4) is 0 Å². The number of hydrogen-bond acceptors (Lipinski definition) is 0. The van der Waals surface area contributed by atoms with Crippen LogP contribution in [0, 0.1) is 0 Å². The van der Waals surface area contributed by atoms with E-state index in [0.29, 0.717) is 0 Å². The molecule has 0 heterocycles. The maximum atomic E-state index is 2.21. The summed E-state index contributed by atoms with van der Waals surface area (Å²) in [5.74, 6) is 0. The number of benzene rings is 3. The molecule has 0 saturated carbocycles. The SMILES string of the molecule is C/C=c1\c(=C/C)c2ccccc2c2ccccc12.CC.CCC. The highest BCUT2D eigenvalue weighted by Gasteiger charge is 2.03. The van der Waals surface area contributed by atoms with E-state index in [4.69, 9.17) is 0 Å². The van der Waals surface area contributed by atoms with Gasteiger partial charge in [0.1, 0.15) is 0 Å². The first-order valence-electron chi connectivity index (χ1n) is 8.80. The first kappa shape index (κ1) is 19.0. The minimum Gasteiger partial charge on any atom is -0.0791 e. The zero-order valence-electron chi connectivity index (χ0n) is 15.5. The fraction of sp³-hybridized carbons (Fsp3) is 0.304. The van der Waals surface area contributed by atoms with Gasteiger partial charge in [-0.25, -0.2) is 0 Å². The summed E-state index contributed by atoms with van der Waals surface area (Å²) in [7, 11) is 0. The molecule has 0 amide bonds. The van der Waals surface area contributed by atoms with Gasteiger partial charge in [-0.2, -0.15) is 0 Å². The van der Waals surface area contributed by atoms with E-state index >= 15 is 0 Å². The van der Waals surface area contributed by atoms with Crippen LogP contribution in [0.2, 0.25) is 0 Å². The summed E-state index contributed by atoms with van der Waals surface area (Å²) < 4.78 is 0. The van der Waals surface area contributed by atoms with Crippen LogP contribution >= 0.6 is 0 Å². The van der Waals surface area contributed by atoms with Gasteiger partial charge < -0.3 is 0 Å². The maximum absolute atomic E-state index is 2.21. The van der Waals surface area contributed by atoms with Crippen LogP contribution in [0.4, 0.5) is 0 Å². The van der Waals surface area contributed by atoms with Crippen molar-refractivity contribution in [2.45, 2.75) is 48.0 Å². The van der Waals surface area contributed by atoms with Gasteiger partial charge in [0, 0.05) is 0 Å². The van der Waals surface area contributed by atoms with Crippen molar-refractivity contribution in [2.24, 2.45) is 0 Å². The predicted octanol–water partition coefficient (Wildman–Crippen LogP) is 6.04. The van der Waals surface area contributed by atoms with Gasteiger partial charge in [-0.1, -0.05) is 94.8 Å². The van der Waals surface area contributed by atoms with Crippen LogP contribution in [0.5, 0.6) is 0 Å². The highest BCUT2D eigenvalue weighted by molar-refractivity contribution is 6.08. The van der Waals surface area contributed by atoms with E-state index in [2.05, 4.69) is 88.4 Å². The summed E-state index contributed by atoms with van der Waals surface area (Å²) in [6, 6.07) is 17.3. The van der Waals surface area contributed by atoms with Gasteiger partial charge in [-0.05, 0) is 45.8 Å². The molecule has 3 rings (SSSR count). The lowest BCUT2D eigenvalue weighted by molar-refractivity contribution is 1.09. The van der Waals surface area contributed by atoms with Gasteiger partial charge in [0.2, 0.25) is 0 Å². The summed E-state index contributed by atoms with van der Waals surface area (Å²) >= 11 is 0. The van der Waals surface area contributed by atoms with E-state index < -0.39 is 0 Å². The Morgan fingerprint density at radius 2 is 0.870 bits per heavy atom. The van der Waals surface area contributed by atoms with E-state index in [0.717, 1.165) is 0 Å². The van der Waals surface area contributed by atoms with Gasteiger partial charge in [0.15, 0.2) is 0 Å². The van der Waals surface area contributed by atoms with Crippen molar-refractivity contribution in [2.75, 3.05) is 0 Å². The van der Waals surface area contributed by atoms with Gasteiger partial charge in [-0.3, -0.25) is 0 Å². The molecule has 0 unspecified atom stereocenters. The predicted molar refractivity (Wildman–Crippen MR) is 108 cm³/mol. The molecular formula is C23H30. The van der Waals surface area contributed by atoms with E-state index in [1.165, 1.54) is 38.4 Å². The van der Waals surface area contributed by atoms with E-state index in [1.54, 1.807) is 0 Å². The Balaban J connectivity index is 0.000000477. The second kappa shape index (κ2) is 9.84. The Bertz CT molecular complexity index is 781. The van der Waals surface area contributed by atoms with Crippen LogP contribution < -0.4 is 10.4 Å². The number of fused-ring (bicyclic) bond motifs is 3. The third-order valence-electron chi connectivity index (χ3n) is 3.59. The lowest BCUT2D eigenvalue weighted by Crippen LogP contribution is -2.25. The first-order chi connectivity index (χ1) is 11.3. The van der Waals surface area contributed by atoms with Crippen molar-refractivity contribution in [1.29, 1.82) is 0 Å². The molecule has 0 heteroatoms. The molecule has 23 heavy (non-hydrogen) atoms. The summed E-state index contributed by atoms with van der Waals surface area (Å²) in [4.78, 5) is 0. The minimum absolute atomic E-state index is 1.25. The molecule has 0 aliphatic carbocycles. The molecule has 0 bridgehead atoms. The molecule has 0 N–H and O–H groups in total. The quantitative estimate of drug-likeness (QED) is 0.444. The fourth-order valence-electron chi connectivity index (χ4n) is 2.82. The van der Waals surface area contributed by atoms with Crippen molar-refractivity contribution >= 4 is 33.7 Å². The van der Waals surface area contributed by atoms with Crippen LogP contribution in [0.25, 0.3) is 33.7 Å². The molecule has 3 aromatic rings. The van der Waals surface area contributed by atoms with Crippen LogP contribution in [-0.2, 0) is 0 Å². The Morgan fingerprint density at radius 1 is 0.609 bits per heavy atom. The lowest BCUT2D eigenvalue weighted by atomic mass is 9.97. The molecule has 0 atom stereocenters. The zero-order valence-corrected chi connectivity index (χ0v) is 15.5. The van der Waals surface area contributed by atoms with Crippen LogP contribution in [0.15, 0.2) is 48.5 Å². The monoisotopic (exact) mass is 306 g/mol. The maximum Gasteiger partial charge on any atom is -0.00991 e. The average molecular weight is 306 g/mol. The van der Waals surface area contributed by atoms with E-state index in [9.17, 15) is 0 Å². The van der Waals surface area contributed by atoms with Crippen LogP contribution in [-0.4, -0.2) is 0 Å². The van der Waals surface area contributed by atoms with Crippen molar-refractivity contribution < 1.29 is 0 Å². The molecule has 0 aliphatic rings. The highest BCUT2D eigenvalue weighted by atomic mass is 14.1. The van der Waals surface area contributed by atoms with E-state index in [1.807, 2.05) is 13.8 Å². The zero-order chi connectivity index (χ0) is 17.2. The third-order valence-corrected chi connectivity index (χ3v) is 3.59. The molecule has 0 nitrogen and oxygen atoms in total. The third kappa shape index (κ3) is 4.01. The normalized spacial score (nSPS) is 11.7. The lowest BCUT2D eigenvalue weighted by Gasteiger charge is -2.06. The second-order valence-electron chi connectivity index (χ2n) is 5.20. The summed E-state index contributed by atoms with van der Waals surface area (Å²) in [6.45, 7) is 12.5. The molecule has 122 valence electrons. The average Bonchev–Trinajstić information content (AvgIpc) is 2.63. The molecule has 0 aromatic heterocycles. The molecule has 0 fully saturated rings. The van der Waals surface area contributed by atoms with Crippen molar-refractivity contribution in [3.63, 3.8) is 0 Å². The van der Waals surface area contributed by atoms with Crippen molar-refractivity contribution in [1.82, 2.24) is 0 Å². The molecule has 3 aromatic carbocycles. The summed E-state index contributed by atoms with van der Waals surface area (Å²) in [5, 5.41) is 8.04. The van der Waals surface area contributed by atoms with Crippen molar-refractivity contribution in [3.05, 3.63) is 59.0 Å². The molecule has 0 spiro atoms. The molecule has 0 aliphatic heterocycles. The number of hydrogen-bond donors (Lipinski definition) is 0. The Hall–Kier alpha value is -2.08. The minimum atomic E-state index is 1.25. The van der Waals surface area contributed by atoms with Gasteiger partial charge in [0.05, 0.1) is 0 Å².